The van der Waals surface area contributed by atoms with Gasteiger partial charge in [-0.15, -0.1) is 0 Å². The van der Waals surface area contributed by atoms with E-state index in [1.165, 1.54) is 22.3 Å². The van der Waals surface area contributed by atoms with Crippen molar-refractivity contribution in [2.24, 2.45) is 0 Å². The van der Waals surface area contributed by atoms with Crippen molar-refractivity contribution < 1.29 is 0 Å². The van der Waals surface area contributed by atoms with Gasteiger partial charge in [-0.3, -0.25) is 0 Å². The second-order valence-corrected chi connectivity index (χ2v) is 3.82. The summed E-state index contributed by atoms with van der Waals surface area (Å²) in [5.74, 6) is 3.17. The van der Waals surface area contributed by atoms with Crippen molar-refractivity contribution in [2.45, 2.75) is 20.8 Å². The highest BCUT2D eigenvalue weighted by molar-refractivity contribution is 8.03. The van der Waals surface area contributed by atoms with E-state index in [9.17, 15) is 0 Å². The molecular formula is C12H14S. The highest BCUT2D eigenvalue weighted by atomic mass is 32.2. The minimum Gasteiger partial charge on any atom is -0.0781 e. The van der Waals surface area contributed by atoms with Crippen molar-refractivity contribution in [1.82, 2.24) is 0 Å². The molecule has 0 heterocycles. The van der Waals surface area contributed by atoms with Gasteiger partial charge in [0.25, 0.3) is 0 Å². The Hall–Kier alpha value is -0.870. The maximum atomic E-state index is 3.17. The maximum Gasteiger partial charge on any atom is 0.0312 e. The molecule has 0 saturated carbocycles. The van der Waals surface area contributed by atoms with E-state index in [1.807, 2.05) is 6.26 Å². The lowest BCUT2D eigenvalue weighted by Gasteiger charge is -2.04. The number of hydrogen-bond acceptors (Lipinski definition) is 1. The molecule has 0 atom stereocenters. The van der Waals surface area contributed by atoms with Crippen LogP contribution in [0.1, 0.15) is 22.3 Å². The van der Waals surface area contributed by atoms with Gasteiger partial charge in [0.05, 0.1) is 0 Å². The molecule has 0 unspecified atom stereocenters. The van der Waals surface area contributed by atoms with E-state index in [0.717, 1.165) is 0 Å². The highest BCUT2D eigenvalue weighted by Crippen LogP contribution is 2.15. The minimum absolute atomic E-state index is 1.18. The van der Waals surface area contributed by atoms with Crippen LogP contribution in [-0.4, -0.2) is 6.26 Å². The summed E-state index contributed by atoms with van der Waals surface area (Å²) in [6, 6.07) is 4.36. The molecule has 0 aliphatic carbocycles. The lowest BCUT2D eigenvalue weighted by molar-refractivity contribution is 1.30. The predicted octanol–water partition coefficient (Wildman–Crippen LogP) is 3.28. The molecule has 0 aliphatic rings. The maximum absolute atomic E-state index is 3.17. The molecule has 0 amide bonds. The third kappa shape index (κ3) is 2.54. The molecule has 0 spiro atoms. The molecule has 0 fully saturated rings. The van der Waals surface area contributed by atoms with Gasteiger partial charge >= 0.3 is 0 Å². The van der Waals surface area contributed by atoms with Crippen molar-refractivity contribution >= 4 is 11.8 Å². The van der Waals surface area contributed by atoms with Crippen LogP contribution in [0.15, 0.2) is 12.1 Å². The summed E-state index contributed by atoms with van der Waals surface area (Å²) in [5, 5.41) is 3.03. The fourth-order valence-electron chi connectivity index (χ4n) is 1.48. The Morgan fingerprint density at radius 3 is 2.08 bits per heavy atom. The summed E-state index contributed by atoms with van der Waals surface area (Å²) in [6.07, 6.45) is 1.99. The van der Waals surface area contributed by atoms with E-state index in [1.54, 1.807) is 11.8 Å². The standard InChI is InChI=1S/C12H14S/c1-9-7-10(2)12(5-6-13-4)11(3)8-9/h7-8H,1-4H3. The van der Waals surface area contributed by atoms with Crippen molar-refractivity contribution in [1.29, 1.82) is 0 Å². The summed E-state index contributed by atoms with van der Waals surface area (Å²) in [4.78, 5) is 0. The summed E-state index contributed by atoms with van der Waals surface area (Å²) >= 11 is 1.56. The monoisotopic (exact) mass is 190 g/mol. The predicted molar refractivity (Wildman–Crippen MR) is 61.0 cm³/mol. The first-order valence-corrected chi connectivity index (χ1v) is 5.49. The SMILES string of the molecule is CSC#Cc1c(C)cc(C)cc1C. The van der Waals surface area contributed by atoms with Crippen LogP contribution >= 0.6 is 11.8 Å². The third-order valence-corrected chi connectivity index (χ3v) is 2.26. The molecule has 1 aromatic carbocycles. The van der Waals surface area contributed by atoms with Gasteiger partial charge in [-0.25, -0.2) is 0 Å². The Bertz CT molecular complexity index is 343. The van der Waals surface area contributed by atoms with Gasteiger partial charge in [0.15, 0.2) is 0 Å². The lowest BCUT2D eigenvalue weighted by Crippen LogP contribution is -1.89. The molecule has 1 aromatic rings. The van der Waals surface area contributed by atoms with Crippen LogP contribution in [0.2, 0.25) is 0 Å². The first-order chi connectivity index (χ1) is 6.15. The fraction of sp³-hybridized carbons (Fsp3) is 0.333. The van der Waals surface area contributed by atoms with Crippen molar-refractivity contribution in [3.05, 3.63) is 34.4 Å². The molecule has 0 saturated heterocycles. The molecule has 0 aromatic heterocycles. The third-order valence-electron chi connectivity index (χ3n) is 1.96. The van der Waals surface area contributed by atoms with E-state index in [2.05, 4.69) is 44.1 Å². The van der Waals surface area contributed by atoms with Gasteiger partial charge in [0.1, 0.15) is 0 Å². The number of thioether (sulfide) groups is 1. The molecular weight excluding hydrogens is 176 g/mol. The van der Waals surface area contributed by atoms with Crippen molar-refractivity contribution in [3.63, 3.8) is 0 Å². The van der Waals surface area contributed by atoms with E-state index in [-0.39, 0.29) is 0 Å². The molecule has 0 N–H and O–H groups in total. The summed E-state index contributed by atoms with van der Waals surface area (Å²) < 4.78 is 0. The average Bonchev–Trinajstić information content (AvgIpc) is 2.02. The number of aryl methyl sites for hydroxylation is 3. The molecule has 1 rings (SSSR count). The second kappa shape index (κ2) is 4.39. The van der Waals surface area contributed by atoms with Crippen molar-refractivity contribution in [3.8, 4) is 11.2 Å². The van der Waals surface area contributed by atoms with Crippen LogP contribution in [0, 0.1) is 31.9 Å². The van der Waals surface area contributed by atoms with E-state index >= 15 is 0 Å². The molecule has 0 aliphatic heterocycles. The molecule has 68 valence electrons. The van der Waals surface area contributed by atoms with E-state index < -0.39 is 0 Å². The minimum atomic E-state index is 1.18. The summed E-state index contributed by atoms with van der Waals surface area (Å²) in [7, 11) is 0. The first-order valence-electron chi connectivity index (χ1n) is 4.27. The van der Waals surface area contributed by atoms with Gasteiger partial charge in [-0.2, -0.15) is 0 Å². The lowest BCUT2D eigenvalue weighted by atomic mass is 10.0. The number of benzene rings is 1. The highest BCUT2D eigenvalue weighted by Gasteiger charge is 1.99. The zero-order valence-corrected chi connectivity index (χ0v) is 9.38. The Kier molecular flexibility index (Phi) is 3.45. The molecule has 0 radical (unpaired) electrons. The number of hydrogen-bond donors (Lipinski definition) is 0. The molecule has 13 heavy (non-hydrogen) atoms. The second-order valence-electron chi connectivity index (χ2n) is 3.20. The zero-order chi connectivity index (χ0) is 9.84. The normalized spacial score (nSPS) is 9.23. The summed E-state index contributed by atoms with van der Waals surface area (Å²) in [5.41, 5.74) is 5.04. The van der Waals surface area contributed by atoms with Crippen LogP contribution < -0.4 is 0 Å². The van der Waals surface area contributed by atoms with E-state index in [0.29, 0.717) is 0 Å². The molecule has 0 nitrogen and oxygen atoms in total. The van der Waals surface area contributed by atoms with Crippen LogP contribution in [-0.2, 0) is 0 Å². The van der Waals surface area contributed by atoms with Gasteiger partial charge in [-0.1, -0.05) is 35.4 Å². The largest absolute Gasteiger partial charge is 0.0781 e. The molecule has 1 heteroatoms. The van der Waals surface area contributed by atoms with Crippen LogP contribution in [0.5, 0.6) is 0 Å². The van der Waals surface area contributed by atoms with Crippen molar-refractivity contribution in [2.75, 3.05) is 6.26 Å². The first kappa shape index (κ1) is 10.2. The Morgan fingerprint density at radius 2 is 1.62 bits per heavy atom. The quantitative estimate of drug-likeness (QED) is 0.566. The summed E-state index contributed by atoms with van der Waals surface area (Å²) in [6.45, 7) is 6.35. The van der Waals surface area contributed by atoms with Gasteiger partial charge in [0.2, 0.25) is 0 Å². The average molecular weight is 190 g/mol. The smallest absolute Gasteiger partial charge is 0.0312 e. The van der Waals surface area contributed by atoms with Crippen LogP contribution in [0.3, 0.4) is 0 Å². The fourth-order valence-corrected chi connectivity index (χ4v) is 1.68. The van der Waals surface area contributed by atoms with E-state index in [4.69, 9.17) is 0 Å². The Labute approximate surface area is 84.7 Å². The van der Waals surface area contributed by atoms with Gasteiger partial charge in [0, 0.05) is 5.56 Å². The zero-order valence-electron chi connectivity index (χ0n) is 8.56. The van der Waals surface area contributed by atoms with Gasteiger partial charge < -0.3 is 0 Å². The van der Waals surface area contributed by atoms with Crippen LogP contribution in [0.4, 0.5) is 0 Å². The Balaban J connectivity index is 3.21. The molecule has 0 bridgehead atoms. The Morgan fingerprint density at radius 1 is 1.08 bits per heavy atom. The topological polar surface area (TPSA) is 0 Å². The van der Waals surface area contributed by atoms with Gasteiger partial charge in [-0.05, 0) is 43.4 Å². The number of rotatable bonds is 0. The van der Waals surface area contributed by atoms with Crippen LogP contribution in [0.25, 0.3) is 0 Å².